The van der Waals surface area contributed by atoms with Crippen LogP contribution in [0.1, 0.15) is 0 Å². The molecular formula is CH2N2O3S. The van der Waals surface area contributed by atoms with Gasteiger partial charge in [0.2, 0.25) is 6.40 Å². The van der Waals surface area contributed by atoms with Gasteiger partial charge < -0.3 is 4.18 Å². The van der Waals surface area contributed by atoms with E-state index in [0.29, 0.717) is 0 Å². The summed E-state index contributed by atoms with van der Waals surface area (Å²) in [4.78, 5) is 1.72. The van der Waals surface area contributed by atoms with Crippen molar-refractivity contribution in [1.82, 2.24) is 4.83 Å². The number of nitrogens with one attached hydrogen (secondary N) is 1. The highest BCUT2D eigenvalue weighted by Crippen LogP contribution is 1.88. The van der Waals surface area contributed by atoms with Crippen LogP contribution in [-0.2, 0) is 14.5 Å². The van der Waals surface area contributed by atoms with Crippen molar-refractivity contribution in [1.29, 1.82) is 0 Å². The Morgan fingerprint density at radius 3 is 2.57 bits per heavy atom. The lowest BCUT2D eigenvalue weighted by molar-refractivity contribution is 0.497. The third-order valence-corrected chi connectivity index (χ3v) is 1.06. The first-order valence-corrected chi connectivity index (χ1v) is 2.83. The summed E-state index contributed by atoms with van der Waals surface area (Å²) in [6.07, 6.45) is 0.815. The van der Waals surface area contributed by atoms with Gasteiger partial charge in [0.1, 0.15) is 0 Å². The molecule has 0 atom stereocenters. The van der Waals surface area contributed by atoms with E-state index in [0.717, 1.165) is 6.40 Å². The normalized spacial score (nSPS) is 23.4. The molecule has 0 fully saturated rings. The van der Waals surface area contributed by atoms with Gasteiger partial charge in [0.25, 0.3) is 0 Å². The quantitative estimate of drug-likeness (QED) is 0.438. The van der Waals surface area contributed by atoms with E-state index in [-0.39, 0.29) is 0 Å². The lowest BCUT2D eigenvalue weighted by Gasteiger charge is -1.84. The van der Waals surface area contributed by atoms with Gasteiger partial charge >= 0.3 is 10.3 Å². The first-order chi connectivity index (χ1) is 3.21. The fraction of sp³-hybridized carbons (Fsp3) is 0. The third-order valence-electron chi connectivity index (χ3n) is 0.387. The van der Waals surface area contributed by atoms with E-state index in [9.17, 15) is 8.42 Å². The zero-order chi connectivity index (χ0) is 5.33. The molecule has 0 aromatic heterocycles. The maximum Gasteiger partial charge on any atom is 0.423 e. The van der Waals surface area contributed by atoms with Crippen LogP contribution in [0.5, 0.6) is 0 Å². The molecule has 6 heteroatoms. The molecule has 0 amide bonds. The van der Waals surface area contributed by atoms with Crippen LogP contribution in [0.2, 0.25) is 0 Å². The summed E-state index contributed by atoms with van der Waals surface area (Å²) in [5.74, 6) is 0. The average Bonchev–Trinajstić information content (AvgIpc) is 1.84. The van der Waals surface area contributed by atoms with Crippen LogP contribution in [-0.4, -0.2) is 14.8 Å². The molecule has 1 aliphatic heterocycles. The minimum Gasteiger partial charge on any atom is -0.352 e. The molecule has 1 heterocycles. The number of nitrogens with zero attached hydrogens (tertiary/aromatic N) is 1. The molecule has 0 saturated heterocycles. The topological polar surface area (TPSA) is 67.8 Å². The van der Waals surface area contributed by atoms with Gasteiger partial charge in [-0.2, -0.15) is 13.2 Å². The Labute approximate surface area is 40.2 Å². The van der Waals surface area contributed by atoms with E-state index in [1.807, 2.05) is 0 Å². The number of hydrazone groups is 1. The predicted molar refractivity (Wildman–Crippen MR) is 21.6 cm³/mol. The molecule has 40 valence electrons. The van der Waals surface area contributed by atoms with E-state index in [2.05, 4.69) is 9.28 Å². The van der Waals surface area contributed by atoms with Gasteiger partial charge in [0.15, 0.2) is 0 Å². The minimum absolute atomic E-state index is 0.815. The van der Waals surface area contributed by atoms with Crippen LogP contribution in [0.25, 0.3) is 0 Å². The Hall–Kier alpha value is -0.780. The fourth-order valence-electron chi connectivity index (χ4n) is 0.186. The zero-order valence-electron chi connectivity index (χ0n) is 3.16. The van der Waals surface area contributed by atoms with Crippen molar-refractivity contribution in [2.24, 2.45) is 5.10 Å². The number of hydrogen-bond acceptors (Lipinski definition) is 4. The number of rotatable bonds is 0. The van der Waals surface area contributed by atoms with E-state index >= 15 is 0 Å². The van der Waals surface area contributed by atoms with E-state index < -0.39 is 10.3 Å². The van der Waals surface area contributed by atoms with Crippen molar-refractivity contribution in [2.75, 3.05) is 0 Å². The molecule has 1 aliphatic rings. The summed E-state index contributed by atoms with van der Waals surface area (Å²) in [5.41, 5.74) is 0. The molecule has 0 aromatic carbocycles. The molecular weight excluding hydrogens is 120 g/mol. The summed E-state index contributed by atoms with van der Waals surface area (Å²) >= 11 is 0. The van der Waals surface area contributed by atoms with Gasteiger partial charge in [-0.1, -0.05) is 0 Å². The van der Waals surface area contributed by atoms with Gasteiger partial charge in [0.05, 0.1) is 0 Å². The Morgan fingerprint density at radius 1 is 1.71 bits per heavy atom. The van der Waals surface area contributed by atoms with Crippen molar-refractivity contribution >= 4 is 16.7 Å². The lowest BCUT2D eigenvalue weighted by atomic mass is 11.5. The SMILES string of the molecule is O=S1(=O)NN=CO1. The molecule has 0 aromatic rings. The second-order valence-corrected chi connectivity index (χ2v) is 2.16. The molecule has 0 aliphatic carbocycles. The maximum atomic E-state index is 9.97. The van der Waals surface area contributed by atoms with Crippen molar-refractivity contribution < 1.29 is 12.6 Å². The molecule has 0 spiro atoms. The second-order valence-electron chi connectivity index (χ2n) is 0.876. The highest BCUT2D eigenvalue weighted by Gasteiger charge is 2.11. The summed E-state index contributed by atoms with van der Waals surface area (Å²) < 4.78 is 23.9. The van der Waals surface area contributed by atoms with Crippen molar-refractivity contribution in [3.05, 3.63) is 0 Å². The Bertz CT molecular complexity index is 165. The summed E-state index contributed by atoms with van der Waals surface area (Å²) in [7, 11) is -3.52. The van der Waals surface area contributed by atoms with Crippen LogP contribution in [0, 0.1) is 0 Å². The van der Waals surface area contributed by atoms with Crippen molar-refractivity contribution in [3.8, 4) is 0 Å². The van der Waals surface area contributed by atoms with Crippen LogP contribution in [0.15, 0.2) is 5.10 Å². The van der Waals surface area contributed by atoms with Gasteiger partial charge in [0, 0.05) is 0 Å². The molecule has 7 heavy (non-hydrogen) atoms. The maximum absolute atomic E-state index is 9.97. The lowest BCUT2D eigenvalue weighted by Crippen LogP contribution is -2.11. The highest BCUT2D eigenvalue weighted by molar-refractivity contribution is 7.85. The second kappa shape index (κ2) is 1.09. The highest BCUT2D eigenvalue weighted by atomic mass is 32.2. The molecule has 1 N–H and O–H groups in total. The summed E-state index contributed by atoms with van der Waals surface area (Å²) in [5, 5.41) is 3.05. The van der Waals surface area contributed by atoms with Crippen LogP contribution >= 0.6 is 0 Å². The zero-order valence-corrected chi connectivity index (χ0v) is 3.97. The summed E-state index contributed by atoms with van der Waals surface area (Å²) in [6.45, 7) is 0. The molecule has 1 rings (SSSR count). The standard InChI is InChI=1S/CH2N2O3S/c4-7(5)3-2-1-6-7/h1,3H. The van der Waals surface area contributed by atoms with Gasteiger partial charge in [-0.25, -0.2) is 0 Å². The monoisotopic (exact) mass is 122 g/mol. The largest absolute Gasteiger partial charge is 0.423 e. The first kappa shape index (κ1) is 4.38. The van der Waals surface area contributed by atoms with Crippen molar-refractivity contribution in [2.45, 2.75) is 0 Å². The van der Waals surface area contributed by atoms with Crippen LogP contribution < -0.4 is 4.83 Å². The predicted octanol–water partition coefficient (Wildman–Crippen LogP) is -1.21. The van der Waals surface area contributed by atoms with Crippen molar-refractivity contribution in [3.63, 3.8) is 0 Å². The van der Waals surface area contributed by atoms with Gasteiger partial charge in [-0.3, -0.25) is 0 Å². The Kier molecular flexibility index (Phi) is 0.684. The Balaban J connectivity index is 2.88. The van der Waals surface area contributed by atoms with Crippen LogP contribution in [0.4, 0.5) is 0 Å². The van der Waals surface area contributed by atoms with E-state index in [4.69, 9.17) is 0 Å². The minimum atomic E-state index is -3.52. The number of hydrogen-bond donors (Lipinski definition) is 1. The average molecular weight is 122 g/mol. The molecule has 0 radical (unpaired) electrons. The fourth-order valence-corrected chi connectivity index (χ4v) is 0.557. The summed E-state index contributed by atoms with van der Waals surface area (Å²) in [6, 6.07) is 0. The molecule has 0 saturated carbocycles. The molecule has 0 unspecified atom stereocenters. The van der Waals surface area contributed by atoms with Crippen LogP contribution in [0.3, 0.4) is 0 Å². The Morgan fingerprint density at radius 2 is 2.43 bits per heavy atom. The van der Waals surface area contributed by atoms with Gasteiger partial charge in [-0.15, -0.1) is 5.10 Å². The molecule has 5 nitrogen and oxygen atoms in total. The smallest absolute Gasteiger partial charge is 0.352 e. The van der Waals surface area contributed by atoms with Gasteiger partial charge in [-0.05, 0) is 0 Å². The first-order valence-electron chi connectivity index (χ1n) is 1.42. The van der Waals surface area contributed by atoms with E-state index in [1.54, 1.807) is 4.83 Å². The van der Waals surface area contributed by atoms with E-state index in [1.165, 1.54) is 0 Å². The third kappa shape index (κ3) is 0.801. The molecule has 0 bridgehead atoms.